The number of aryl methyl sites for hydroxylation is 2. The number of carbonyl (C=O) groups excluding carboxylic acids is 2. The Morgan fingerprint density at radius 1 is 1.10 bits per heavy atom. The Kier molecular flexibility index (Phi) is 6.57. The van der Waals surface area contributed by atoms with Crippen LogP contribution < -0.4 is 5.32 Å². The molecule has 5 rings (SSSR count). The highest BCUT2D eigenvalue weighted by molar-refractivity contribution is 5.98. The number of carboxylic acids is 1. The molecule has 204 valence electrons. The van der Waals surface area contributed by atoms with Crippen LogP contribution in [0.3, 0.4) is 0 Å². The van der Waals surface area contributed by atoms with Gasteiger partial charge in [-0.25, -0.2) is 4.98 Å². The van der Waals surface area contributed by atoms with Crippen molar-refractivity contribution >= 4 is 39.7 Å². The largest absolute Gasteiger partial charge is 0.481 e. The predicted molar refractivity (Wildman–Crippen MR) is 137 cm³/mol. The van der Waals surface area contributed by atoms with Gasteiger partial charge in [0.25, 0.3) is 5.91 Å². The molecular formula is C27H26F3N5O4. The summed E-state index contributed by atoms with van der Waals surface area (Å²) < 4.78 is 42.5. The monoisotopic (exact) mass is 541 g/mol. The van der Waals surface area contributed by atoms with Crippen molar-refractivity contribution in [2.75, 3.05) is 13.1 Å². The molecule has 0 bridgehead atoms. The van der Waals surface area contributed by atoms with E-state index in [1.807, 2.05) is 42.8 Å². The minimum atomic E-state index is -5.17. The molecule has 39 heavy (non-hydrogen) atoms. The van der Waals surface area contributed by atoms with E-state index in [2.05, 4.69) is 10.6 Å². The van der Waals surface area contributed by atoms with Crippen molar-refractivity contribution in [1.82, 2.24) is 24.3 Å². The number of carbonyl (C=O) groups is 3. The number of nitrogens with one attached hydrogen (secondary N) is 1. The molecule has 1 aliphatic rings. The van der Waals surface area contributed by atoms with Crippen LogP contribution in [0.15, 0.2) is 48.5 Å². The van der Waals surface area contributed by atoms with Crippen LogP contribution in [0.4, 0.5) is 13.2 Å². The first-order valence-corrected chi connectivity index (χ1v) is 12.4. The summed E-state index contributed by atoms with van der Waals surface area (Å²) in [6.07, 6.45) is -5.26. The van der Waals surface area contributed by atoms with Crippen molar-refractivity contribution < 1.29 is 32.7 Å². The number of halogens is 3. The number of rotatable bonds is 5. The van der Waals surface area contributed by atoms with Crippen LogP contribution >= 0.6 is 0 Å². The molecule has 1 saturated heterocycles. The minimum Gasteiger partial charge on any atom is -0.481 e. The van der Waals surface area contributed by atoms with Crippen molar-refractivity contribution in [1.29, 1.82) is 0 Å². The van der Waals surface area contributed by atoms with Crippen molar-refractivity contribution in [3.63, 3.8) is 0 Å². The van der Waals surface area contributed by atoms with Gasteiger partial charge in [0.1, 0.15) is 0 Å². The molecule has 1 fully saturated rings. The second-order valence-electron chi connectivity index (χ2n) is 9.59. The lowest BCUT2D eigenvalue weighted by atomic mass is 9.91. The maximum atomic E-state index is 13.3. The van der Waals surface area contributed by atoms with Crippen LogP contribution in [0.5, 0.6) is 0 Å². The van der Waals surface area contributed by atoms with Crippen molar-refractivity contribution in [3.8, 4) is 11.5 Å². The summed E-state index contributed by atoms with van der Waals surface area (Å²) in [5.41, 5.74) is 3.61. The van der Waals surface area contributed by atoms with Gasteiger partial charge < -0.3 is 24.5 Å². The second-order valence-corrected chi connectivity index (χ2v) is 9.59. The number of hydrogen-bond donors (Lipinski definition) is 2. The number of nitrogens with zero attached hydrogens (tertiary/aromatic N) is 4. The van der Waals surface area contributed by atoms with Gasteiger partial charge >= 0.3 is 18.1 Å². The number of hydrogen-bond acceptors (Lipinski definition) is 4. The Morgan fingerprint density at radius 2 is 1.85 bits per heavy atom. The Labute approximate surface area is 220 Å². The molecule has 2 amide bonds. The van der Waals surface area contributed by atoms with Gasteiger partial charge in [0.05, 0.1) is 28.7 Å². The van der Waals surface area contributed by atoms with Gasteiger partial charge in [-0.2, -0.15) is 13.2 Å². The summed E-state index contributed by atoms with van der Waals surface area (Å²) in [6.45, 7) is 2.44. The Morgan fingerprint density at radius 3 is 2.54 bits per heavy atom. The number of para-hydroxylation sites is 1. The first kappa shape index (κ1) is 26.3. The number of imidazole rings is 1. The van der Waals surface area contributed by atoms with Crippen molar-refractivity contribution in [2.24, 2.45) is 13.0 Å². The number of fused-ring (bicyclic) bond motifs is 2. The number of likely N-dealkylation sites (tertiary alicyclic amines) is 1. The molecule has 2 N–H and O–H groups in total. The maximum Gasteiger partial charge on any atom is 0.471 e. The van der Waals surface area contributed by atoms with E-state index >= 15 is 0 Å². The quantitative estimate of drug-likeness (QED) is 0.400. The zero-order valence-corrected chi connectivity index (χ0v) is 21.2. The molecule has 0 aliphatic carbocycles. The Hall–Kier alpha value is -4.35. The summed E-state index contributed by atoms with van der Waals surface area (Å²) in [5.74, 6) is -4.58. The molecule has 3 heterocycles. The van der Waals surface area contributed by atoms with E-state index in [1.165, 1.54) is 4.90 Å². The molecule has 0 unspecified atom stereocenters. The zero-order chi connectivity index (χ0) is 28.1. The molecule has 2 atom stereocenters. The number of benzene rings is 2. The van der Waals surface area contributed by atoms with Gasteiger partial charge in [-0.3, -0.25) is 14.4 Å². The lowest BCUT2D eigenvalue weighted by Gasteiger charge is -2.37. The third-order valence-corrected chi connectivity index (χ3v) is 7.27. The van der Waals surface area contributed by atoms with E-state index in [-0.39, 0.29) is 25.1 Å². The van der Waals surface area contributed by atoms with E-state index in [4.69, 9.17) is 4.98 Å². The summed E-state index contributed by atoms with van der Waals surface area (Å²) in [5, 5.41) is 12.3. The lowest BCUT2D eigenvalue weighted by molar-refractivity contribution is -0.175. The summed E-state index contributed by atoms with van der Waals surface area (Å²) in [7, 11) is 1.88. The molecule has 0 radical (unpaired) electrons. The van der Waals surface area contributed by atoms with E-state index in [1.54, 1.807) is 23.5 Å². The van der Waals surface area contributed by atoms with Gasteiger partial charge in [0.15, 0.2) is 5.82 Å². The second kappa shape index (κ2) is 9.75. The van der Waals surface area contributed by atoms with Crippen LogP contribution in [-0.4, -0.2) is 67.2 Å². The van der Waals surface area contributed by atoms with E-state index < -0.39 is 35.9 Å². The van der Waals surface area contributed by atoms with E-state index in [0.717, 1.165) is 28.7 Å². The SMILES string of the molecule is CCn1c(-c2nc3cc(C(=O)N4CC[C@@H](C(=O)O)[C@@H](NC(=O)C(F)(F)F)C4)ccc3n2C)cc2ccccc21. The highest BCUT2D eigenvalue weighted by Crippen LogP contribution is 2.31. The topological polar surface area (TPSA) is 109 Å². The summed E-state index contributed by atoms with van der Waals surface area (Å²) >= 11 is 0. The molecule has 12 heteroatoms. The number of amides is 2. The average molecular weight is 542 g/mol. The standard InChI is InChI=1S/C27H26F3N5O4/c1-3-35-20-7-5-4-6-15(20)13-22(35)23-31-18-12-16(8-9-21(18)33(23)2)24(36)34-11-10-17(25(37)38)19(14-34)32-26(39)27(28,29)30/h4-9,12-13,17,19H,3,10-11,14H2,1-2H3,(H,32,39)(H,37,38)/t17-,19+/m1/s1. The van der Waals surface area contributed by atoms with E-state index in [0.29, 0.717) is 11.3 Å². The first-order valence-electron chi connectivity index (χ1n) is 12.4. The summed E-state index contributed by atoms with van der Waals surface area (Å²) in [4.78, 5) is 42.5. The fourth-order valence-corrected chi connectivity index (χ4v) is 5.31. The minimum absolute atomic E-state index is 0.0241. The number of aromatic nitrogens is 3. The highest BCUT2D eigenvalue weighted by Gasteiger charge is 2.44. The molecule has 4 aromatic rings. The fraction of sp³-hybridized carbons (Fsp3) is 0.333. The van der Waals surface area contributed by atoms with Gasteiger partial charge in [0, 0.05) is 43.1 Å². The third kappa shape index (κ3) is 4.70. The number of carboxylic acid groups (broad SMARTS) is 1. The fourth-order valence-electron chi connectivity index (χ4n) is 5.31. The van der Waals surface area contributed by atoms with Crippen LogP contribution in [0.25, 0.3) is 33.5 Å². The number of alkyl halides is 3. The maximum absolute atomic E-state index is 13.3. The van der Waals surface area contributed by atoms with Crippen molar-refractivity contribution in [3.05, 3.63) is 54.1 Å². The molecule has 2 aromatic carbocycles. The number of piperidine rings is 1. The molecular weight excluding hydrogens is 515 g/mol. The molecule has 0 spiro atoms. The molecule has 0 saturated carbocycles. The van der Waals surface area contributed by atoms with Gasteiger partial charge in [-0.05, 0) is 43.7 Å². The normalized spacial score (nSPS) is 18.0. The van der Waals surface area contributed by atoms with Gasteiger partial charge in [-0.15, -0.1) is 0 Å². The Bertz CT molecular complexity index is 1610. The van der Waals surface area contributed by atoms with Crippen LogP contribution in [0.2, 0.25) is 0 Å². The number of aliphatic carboxylic acids is 1. The van der Waals surface area contributed by atoms with Crippen LogP contribution in [0, 0.1) is 5.92 Å². The average Bonchev–Trinajstić information content (AvgIpc) is 3.44. The highest BCUT2D eigenvalue weighted by atomic mass is 19.4. The lowest BCUT2D eigenvalue weighted by Crippen LogP contribution is -2.57. The van der Waals surface area contributed by atoms with Crippen LogP contribution in [0.1, 0.15) is 23.7 Å². The Balaban J connectivity index is 1.44. The zero-order valence-electron chi connectivity index (χ0n) is 21.2. The summed E-state index contributed by atoms with van der Waals surface area (Å²) in [6, 6.07) is 13.7. The van der Waals surface area contributed by atoms with Gasteiger partial charge in [0.2, 0.25) is 0 Å². The van der Waals surface area contributed by atoms with E-state index in [9.17, 15) is 32.7 Å². The third-order valence-electron chi connectivity index (χ3n) is 7.27. The smallest absolute Gasteiger partial charge is 0.471 e. The van der Waals surface area contributed by atoms with Crippen LogP contribution in [-0.2, 0) is 23.2 Å². The molecule has 9 nitrogen and oxygen atoms in total. The molecule has 2 aromatic heterocycles. The first-order chi connectivity index (χ1) is 18.5. The predicted octanol–water partition coefficient (Wildman–Crippen LogP) is 3.81. The van der Waals surface area contributed by atoms with Crippen molar-refractivity contribution in [2.45, 2.75) is 32.1 Å². The van der Waals surface area contributed by atoms with Gasteiger partial charge in [-0.1, -0.05) is 18.2 Å². The molecule has 1 aliphatic heterocycles.